The van der Waals surface area contributed by atoms with Crippen LogP contribution in [0, 0.1) is 5.92 Å². The van der Waals surface area contributed by atoms with Gasteiger partial charge < -0.3 is 14.4 Å². The number of hydrogen-bond acceptors (Lipinski definition) is 3. The van der Waals surface area contributed by atoms with E-state index < -0.39 is 11.9 Å². The van der Waals surface area contributed by atoms with Crippen molar-refractivity contribution in [3.63, 3.8) is 0 Å². The van der Waals surface area contributed by atoms with Gasteiger partial charge in [-0.15, -0.1) is 0 Å². The third-order valence-electron chi connectivity index (χ3n) is 4.45. The number of carboxylic acid groups (broad SMARTS) is 1. The Morgan fingerprint density at radius 3 is 2.61 bits per heavy atom. The number of carboxylic acids is 1. The third-order valence-corrected chi connectivity index (χ3v) is 4.45. The van der Waals surface area contributed by atoms with Gasteiger partial charge in [-0.25, -0.2) is 0 Å². The van der Waals surface area contributed by atoms with Crippen LogP contribution < -0.4 is 0 Å². The summed E-state index contributed by atoms with van der Waals surface area (Å²) >= 11 is 0. The van der Waals surface area contributed by atoms with Gasteiger partial charge in [0.25, 0.3) is 5.91 Å². The number of aryl methyl sites for hydroxylation is 1. The minimum Gasteiger partial charge on any atom is -0.481 e. The van der Waals surface area contributed by atoms with Crippen LogP contribution in [0.4, 0.5) is 0 Å². The Morgan fingerprint density at radius 2 is 1.96 bits per heavy atom. The minimum atomic E-state index is -0.864. The maximum absolute atomic E-state index is 12.7. The summed E-state index contributed by atoms with van der Waals surface area (Å²) in [6.45, 7) is 2.56. The molecule has 0 unspecified atom stereocenters. The molecule has 1 N–H and O–H groups in total. The third kappa shape index (κ3) is 2.86. The van der Waals surface area contributed by atoms with Crippen molar-refractivity contribution in [1.29, 1.82) is 0 Å². The molecule has 23 heavy (non-hydrogen) atoms. The first-order chi connectivity index (χ1) is 11.1. The number of aliphatic carboxylic acids is 1. The number of benzene rings is 1. The van der Waals surface area contributed by atoms with Gasteiger partial charge in [0.2, 0.25) is 0 Å². The number of nitrogens with zero attached hydrogens (tertiary/aromatic N) is 1. The predicted molar refractivity (Wildman–Crippen MR) is 84.3 cm³/mol. The smallest absolute Gasteiger partial charge is 0.308 e. The number of carbonyl (C=O) groups excluding carboxylic acids is 1. The Kier molecular flexibility index (Phi) is 4.19. The Labute approximate surface area is 134 Å². The van der Waals surface area contributed by atoms with Crippen molar-refractivity contribution in [2.75, 3.05) is 13.1 Å². The summed E-state index contributed by atoms with van der Waals surface area (Å²) in [6.07, 6.45) is 2.14. The highest BCUT2D eigenvalue weighted by Crippen LogP contribution is 2.34. The lowest BCUT2D eigenvalue weighted by atomic mass is 9.89. The van der Waals surface area contributed by atoms with E-state index in [4.69, 9.17) is 4.42 Å². The van der Waals surface area contributed by atoms with E-state index in [0.717, 1.165) is 5.56 Å². The lowest BCUT2D eigenvalue weighted by Gasteiger charge is -2.16. The largest absolute Gasteiger partial charge is 0.481 e. The number of likely N-dealkylation sites (tertiary alicyclic amines) is 1. The molecule has 1 aromatic heterocycles. The highest BCUT2D eigenvalue weighted by molar-refractivity contribution is 5.96. The van der Waals surface area contributed by atoms with Gasteiger partial charge in [0.15, 0.2) is 0 Å². The van der Waals surface area contributed by atoms with Gasteiger partial charge in [0, 0.05) is 25.4 Å². The van der Waals surface area contributed by atoms with Crippen molar-refractivity contribution < 1.29 is 19.1 Å². The minimum absolute atomic E-state index is 0.153. The molecule has 0 radical (unpaired) electrons. The van der Waals surface area contributed by atoms with E-state index in [1.807, 2.05) is 37.3 Å². The average Bonchev–Trinajstić information content (AvgIpc) is 3.22. The van der Waals surface area contributed by atoms with E-state index in [-0.39, 0.29) is 18.4 Å². The van der Waals surface area contributed by atoms with Crippen LogP contribution in [0.3, 0.4) is 0 Å². The lowest BCUT2D eigenvalue weighted by molar-refractivity contribution is -0.141. The predicted octanol–water partition coefficient (Wildman–Crippen LogP) is 2.78. The summed E-state index contributed by atoms with van der Waals surface area (Å²) in [6, 6.07) is 11.2. The number of carbonyl (C=O) groups is 2. The molecule has 1 aliphatic rings. The van der Waals surface area contributed by atoms with Gasteiger partial charge in [-0.2, -0.15) is 0 Å². The van der Waals surface area contributed by atoms with E-state index in [9.17, 15) is 14.7 Å². The molecule has 0 aliphatic carbocycles. The van der Waals surface area contributed by atoms with E-state index in [0.29, 0.717) is 24.3 Å². The molecule has 1 aliphatic heterocycles. The topological polar surface area (TPSA) is 70.8 Å². The van der Waals surface area contributed by atoms with Crippen LogP contribution in [0.25, 0.3) is 0 Å². The zero-order chi connectivity index (χ0) is 16.4. The van der Waals surface area contributed by atoms with Crippen LogP contribution >= 0.6 is 0 Å². The van der Waals surface area contributed by atoms with Gasteiger partial charge >= 0.3 is 5.97 Å². The molecule has 5 heteroatoms. The number of hydrogen-bond donors (Lipinski definition) is 1. The van der Waals surface area contributed by atoms with Crippen LogP contribution in [0.1, 0.15) is 34.5 Å². The Balaban J connectivity index is 1.86. The van der Waals surface area contributed by atoms with E-state index in [1.54, 1.807) is 11.0 Å². The van der Waals surface area contributed by atoms with Crippen molar-refractivity contribution in [2.45, 2.75) is 19.3 Å². The molecular weight excluding hydrogens is 294 g/mol. The average molecular weight is 313 g/mol. The summed E-state index contributed by atoms with van der Waals surface area (Å²) in [5.74, 6) is -1.14. The van der Waals surface area contributed by atoms with Crippen molar-refractivity contribution in [3.8, 4) is 0 Å². The molecule has 2 aromatic rings. The fraction of sp³-hybridized carbons (Fsp3) is 0.333. The molecule has 3 rings (SSSR count). The first-order valence-electron chi connectivity index (χ1n) is 7.75. The van der Waals surface area contributed by atoms with Gasteiger partial charge in [0.05, 0.1) is 17.7 Å². The molecule has 0 saturated carbocycles. The first kappa shape index (κ1) is 15.3. The standard InChI is InChI=1S/C18H19NO4/c1-2-16-13(8-9-23-16)17(20)19-10-14(15(11-19)18(21)22)12-6-4-3-5-7-12/h3-9,14-15H,2,10-11H2,1H3,(H,21,22)/t14-,15+/m0/s1. The monoisotopic (exact) mass is 313 g/mol. The molecule has 1 aromatic carbocycles. The Hall–Kier alpha value is -2.56. The second-order valence-electron chi connectivity index (χ2n) is 5.78. The molecule has 120 valence electrons. The maximum Gasteiger partial charge on any atom is 0.308 e. The summed E-state index contributed by atoms with van der Waals surface area (Å²) in [7, 11) is 0. The molecule has 0 spiro atoms. The van der Waals surface area contributed by atoms with Crippen LogP contribution in [0.5, 0.6) is 0 Å². The Morgan fingerprint density at radius 1 is 1.22 bits per heavy atom. The lowest BCUT2D eigenvalue weighted by Crippen LogP contribution is -2.30. The fourth-order valence-electron chi connectivity index (χ4n) is 3.23. The highest BCUT2D eigenvalue weighted by Gasteiger charge is 2.41. The van der Waals surface area contributed by atoms with Gasteiger partial charge in [-0.3, -0.25) is 9.59 Å². The fourth-order valence-corrected chi connectivity index (χ4v) is 3.23. The molecule has 2 atom stereocenters. The molecular formula is C18H19NO4. The van der Waals surface area contributed by atoms with Crippen LogP contribution in [0.15, 0.2) is 47.1 Å². The maximum atomic E-state index is 12.7. The molecule has 1 amide bonds. The molecule has 1 saturated heterocycles. The van der Waals surface area contributed by atoms with Crippen molar-refractivity contribution in [2.24, 2.45) is 5.92 Å². The zero-order valence-electron chi connectivity index (χ0n) is 12.9. The first-order valence-corrected chi connectivity index (χ1v) is 7.75. The second-order valence-corrected chi connectivity index (χ2v) is 5.78. The van der Waals surface area contributed by atoms with E-state index in [2.05, 4.69) is 0 Å². The number of furan rings is 1. The molecule has 1 fully saturated rings. The summed E-state index contributed by atoms with van der Waals surface area (Å²) in [5.41, 5.74) is 1.49. The van der Waals surface area contributed by atoms with E-state index in [1.165, 1.54) is 6.26 Å². The van der Waals surface area contributed by atoms with Gasteiger partial charge in [0.1, 0.15) is 5.76 Å². The zero-order valence-corrected chi connectivity index (χ0v) is 12.9. The SMILES string of the molecule is CCc1occc1C(=O)N1C[C@@H](C(=O)O)[C@H](c2ccccc2)C1. The van der Waals surface area contributed by atoms with Crippen molar-refractivity contribution >= 4 is 11.9 Å². The van der Waals surface area contributed by atoms with Crippen LogP contribution in [0.2, 0.25) is 0 Å². The number of rotatable bonds is 4. The molecule has 0 bridgehead atoms. The van der Waals surface area contributed by atoms with Gasteiger partial charge in [-0.1, -0.05) is 37.3 Å². The molecule has 2 heterocycles. The van der Waals surface area contributed by atoms with E-state index >= 15 is 0 Å². The highest BCUT2D eigenvalue weighted by atomic mass is 16.4. The van der Waals surface area contributed by atoms with Gasteiger partial charge in [-0.05, 0) is 11.6 Å². The van der Waals surface area contributed by atoms with Crippen LogP contribution in [-0.2, 0) is 11.2 Å². The Bertz CT molecular complexity index is 707. The van der Waals surface area contributed by atoms with Crippen molar-refractivity contribution in [1.82, 2.24) is 4.90 Å². The van der Waals surface area contributed by atoms with Crippen LogP contribution in [-0.4, -0.2) is 35.0 Å². The molecule has 5 nitrogen and oxygen atoms in total. The summed E-state index contributed by atoms with van der Waals surface area (Å²) < 4.78 is 5.32. The summed E-state index contributed by atoms with van der Waals surface area (Å²) in [5, 5.41) is 9.52. The normalized spacial score (nSPS) is 20.7. The second kappa shape index (κ2) is 6.28. The van der Waals surface area contributed by atoms with Crippen molar-refractivity contribution in [3.05, 3.63) is 59.5 Å². The summed E-state index contributed by atoms with van der Waals surface area (Å²) in [4.78, 5) is 25.9. The quantitative estimate of drug-likeness (QED) is 0.942. The number of amides is 1.